The number of aryl methyl sites for hydroxylation is 1. The second-order valence-electron chi connectivity index (χ2n) is 3.70. The number of nitrogens with two attached hydrogens (primary N) is 2. The Morgan fingerprint density at radius 3 is 2.33 bits per heavy atom. The predicted octanol–water partition coefficient (Wildman–Crippen LogP) is 2.83. The fraction of sp³-hybridized carbons (Fsp3) is 0.0769. The van der Waals surface area contributed by atoms with E-state index in [1.807, 2.05) is 42.5 Å². The lowest BCUT2D eigenvalue weighted by Gasteiger charge is -2.07. The normalized spacial score (nSPS) is 10.2. The molecule has 76 valence electrons. The van der Waals surface area contributed by atoms with Gasteiger partial charge in [0.05, 0.1) is 0 Å². The third kappa shape index (κ3) is 1.94. The third-order valence-corrected chi connectivity index (χ3v) is 2.46. The van der Waals surface area contributed by atoms with Gasteiger partial charge in [-0.15, -0.1) is 0 Å². The van der Waals surface area contributed by atoms with Crippen LogP contribution in [0.25, 0.3) is 11.1 Å². The van der Waals surface area contributed by atoms with E-state index < -0.39 is 0 Å². The number of hydrogen-bond donors (Lipinski definition) is 2. The van der Waals surface area contributed by atoms with Crippen molar-refractivity contribution in [3.8, 4) is 11.1 Å². The molecule has 15 heavy (non-hydrogen) atoms. The zero-order chi connectivity index (χ0) is 10.8. The van der Waals surface area contributed by atoms with Gasteiger partial charge in [-0.1, -0.05) is 18.2 Å². The van der Waals surface area contributed by atoms with E-state index in [2.05, 4.69) is 6.92 Å². The van der Waals surface area contributed by atoms with E-state index in [1.54, 1.807) is 0 Å². The quantitative estimate of drug-likeness (QED) is 0.692. The molecular formula is C13H14N2. The fourth-order valence-electron chi connectivity index (χ4n) is 1.66. The minimum absolute atomic E-state index is 0.773. The number of rotatable bonds is 1. The summed E-state index contributed by atoms with van der Waals surface area (Å²) in [5.41, 5.74) is 16.5. The van der Waals surface area contributed by atoms with Gasteiger partial charge in [-0.25, -0.2) is 0 Å². The zero-order valence-electron chi connectivity index (χ0n) is 8.70. The van der Waals surface area contributed by atoms with Crippen LogP contribution in [0.4, 0.5) is 11.4 Å². The molecule has 2 nitrogen and oxygen atoms in total. The van der Waals surface area contributed by atoms with E-state index in [0.717, 1.165) is 22.5 Å². The van der Waals surface area contributed by atoms with Gasteiger partial charge in [0.25, 0.3) is 0 Å². The molecule has 2 aromatic carbocycles. The lowest BCUT2D eigenvalue weighted by Crippen LogP contribution is -1.90. The van der Waals surface area contributed by atoms with Crippen LogP contribution in [-0.4, -0.2) is 0 Å². The van der Waals surface area contributed by atoms with Crippen LogP contribution >= 0.6 is 0 Å². The van der Waals surface area contributed by atoms with Gasteiger partial charge in [-0.3, -0.25) is 0 Å². The summed E-state index contributed by atoms with van der Waals surface area (Å²) in [4.78, 5) is 0. The summed E-state index contributed by atoms with van der Waals surface area (Å²) in [5, 5.41) is 0. The van der Waals surface area contributed by atoms with Crippen LogP contribution in [0.1, 0.15) is 5.56 Å². The molecular weight excluding hydrogens is 184 g/mol. The van der Waals surface area contributed by atoms with Crippen molar-refractivity contribution in [1.29, 1.82) is 0 Å². The van der Waals surface area contributed by atoms with E-state index >= 15 is 0 Å². The Morgan fingerprint density at radius 1 is 0.867 bits per heavy atom. The number of anilines is 2. The Balaban J connectivity index is 2.58. The van der Waals surface area contributed by atoms with Crippen molar-refractivity contribution in [2.45, 2.75) is 6.92 Å². The van der Waals surface area contributed by atoms with Gasteiger partial charge >= 0.3 is 0 Å². The molecule has 0 spiro atoms. The summed E-state index contributed by atoms with van der Waals surface area (Å²) in [7, 11) is 0. The summed E-state index contributed by atoms with van der Waals surface area (Å²) in [6.07, 6.45) is 0. The van der Waals surface area contributed by atoms with E-state index in [-0.39, 0.29) is 0 Å². The Morgan fingerprint density at radius 2 is 1.60 bits per heavy atom. The Hall–Kier alpha value is -1.96. The summed E-state index contributed by atoms with van der Waals surface area (Å²) in [6.45, 7) is 2.07. The maximum Gasteiger partial charge on any atom is 0.0320 e. The molecule has 0 bridgehead atoms. The lowest BCUT2D eigenvalue weighted by molar-refractivity contribution is 1.46. The van der Waals surface area contributed by atoms with Gasteiger partial charge in [0.1, 0.15) is 0 Å². The fourth-order valence-corrected chi connectivity index (χ4v) is 1.66. The van der Waals surface area contributed by atoms with Crippen molar-refractivity contribution in [3.63, 3.8) is 0 Å². The first-order valence-electron chi connectivity index (χ1n) is 4.89. The highest BCUT2D eigenvalue weighted by atomic mass is 14.5. The summed E-state index contributed by atoms with van der Waals surface area (Å²) < 4.78 is 0. The molecule has 0 atom stereocenters. The van der Waals surface area contributed by atoms with Crippen LogP contribution in [0.3, 0.4) is 0 Å². The van der Waals surface area contributed by atoms with Crippen molar-refractivity contribution in [2.75, 3.05) is 11.5 Å². The first kappa shape index (κ1) is 9.59. The zero-order valence-corrected chi connectivity index (χ0v) is 8.70. The molecule has 0 saturated carbocycles. The molecule has 0 unspecified atom stereocenters. The molecule has 0 fully saturated rings. The molecule has 0 aliphatic carbocycles. The number of nitrogen functional groups attached to an aromatic ring is 2. The maximum absolute atomic E-state index is 5.77. The molecule has 4 N–H and O–H groups in total. The second kappa shape index (κ2) is 3.65. The van der Waals surface area contributed by atoms with Gasteiger partial charge < -0.3 is 11.5 Å². The Labute approximate surface area is 89.5 Å². The van der Waals surface area contributed by atoms with Crippen LogP contribution in [0, 0.1) is 6.92 Å². The van der Waals surface area contributed by atoms with Gasteiger partial charge in [0, 0.05) is 11.4 Å². The predicted molar refractivity (Wildman–Crippen MR) is 65.4 cm³/mol. The van der Waals surface area contributed by atoms with Gasteiger partial charge in [-0.2, -0.15) is 0 Å². The maximum atomic E-state index is 5.77. The van der Waals surface area contributed by atoms with Crippen LogP contribution in [0.5, 0.6) is 0 Å². The van der Waals surface area contributed by atoms with Gasteiger partial charge in [-0.05, 0) is 47.9 Å². The van der Waals surface area contributed by atoms with E-state index in [9.17, 15) is 0 Å². The molecule has 0 radical (unpaired) electrons. The topological polar surface area (TPSA) is 52.0 Å². The molecule has 0 saturated heterocycles. The number of benzene rings is 2. The Kier molecular flexibility index (Phi) is 2.34. The van der Waals surface area contributed by atoms with E-state index in [4.69, 9.17) is 11.5 Å². The van der Waals surface area contributed by atoms with E-state index in [0.29, 0.717) is 0 Å². The third-order valence-electron chi connectivity index (χ3n) is 2.46. The highest BCUT2D eigenvalue weighted by Gasteiger charge is 2.02. The standard InChI is InChI=1S/C13H14N2/c1-9-5-6-12(15)8-13(9)10-3-2-4-11(14)7-10/h2-8H,14-15H2,1H3. The van der Waals surface area contributed by atoms with Crippen molar-refractivity contribution in [1.82, 2.24) is 0 Å². The molecule has 0 aliphatic heterocycles. The van der Waals surface area contributed by atoms with Crippen molar-refractivity contribution in [2.24, 2.45) is 0 Å². The summed E-state index contributed by atoms with van der Waals surface area (Å²) in [6, 6.07) is 13.7. The van der Waals surface area contributed by atoms with E-state index in [1.165, 1.54) is 5.56 Å². The van der Waals surface area contributed by atoms with Gasteiger partial charge in [0.2, 0.25) is 0 Å². The molecule has 0 heterocycles. The summed E-state index contributed by atoms with van der Waals surface area (Å²) in [5.74, 6) is 0. The van der Waals surface area contributed by atoms with Gasteiger partial charge in [0.15, 0.2) is 0 Å². The molecule has 0 amide bonds. The van der Waals surface area contributed by atoms with Crippen LogP contribution in [0.15, 0.2) is 42.5 Å². The first-order valence-corrected chi connectivity index (χ1v) is 4.89. The molecule has 2 heteroatoms. The van der Waals surface area contributed by atoms with Crippen molar-refractivity contribution in [3.05, 3.63) is 48.0 Å². The first-order chi connectivity index (χ1) is 7.16. The molecule has 0 aromatic heterocycles. The molecule has 2 rings (SSSR count). The smallest absolute Gasteiger partial charge is 0.0320 e. The van der Waals surface area contributed by atoms with Crippen LogP contribution in [-0.2, 0) is 0 Å². The van der Waals surface area contributed by atoms with Crippen LogP contribution < -0.4 is 11.5 Å². The average molecular weight is 198 g/mol. The van der Waals surface area contributed by atoms with Crippen molar-refractivity contribution < 1.29 is 0 Å². The highest BCUT2D eigenvalue weighted by molar-refractivity contribution is 5.73. The van der Waals surface area contributed by atoms with Crippen molar-refractivity contribution >= 4 is 11.4 Å². The summed E-state index contributed by atoms with van der Waals surface area (Å²) >= 11 is 0. The largest absolute Gasteiger partial charge is 0.399 e. The van der Waals surface area contributed by atoms with Crippen LogP contribution in [0.2, 0.25) is 0 Å². The minimum Gasteiger partial charge on any atom is -0.399 e. The highest BCUT2D eigenvalue weighted by Crippen LogP contribution is 2.26. The Bertz CT molecular complexity index is 490. The molecule has 0 aliphatic rings. The molecule has 2 aromatic rings. The number of hydrogen-bond acceptors (Lipinski definition) is 2. The average Bonchev–Trinajstić information content (AvgIpc) is 2.22. The second-order valence-corrected chi connectivity index (χ2v) is 3.70. The monoisotopic (exact) mass is 198 g/mol. The lowest BCUT2D eigenvalue weighted by atomic mass is 9.99. The SMILES string of the molecule is Cc1ccc(N)cc1-c1cccc(N)c1. The minimum atomic E-state index is 0.773.